The summed E-state index contributed by atoms with van der Waals surface area (Å²) in [6, 6.07) is 12.8. The zero-order valence-electron chi connectivity index (χ0n) is 11.0. The minimum atomic E-state index is -0.122. The maximum Gasteiger partial charge on any atom is 0.251 e. The first-order valence-electron chi connectivity index (χ1n) is 6.61. The van der Waals surface area contributed by atoms with Gasteiger partial charge in [-0.2, -0.15) is 0 Å². The van der Waals surface area contributed by atoms with Gasteiger partial charge in [0.15, 0.2) is 0 Å². The molecule has 0 fully saturated rings. The van der Waals surface area contributed by atoms with Gasteiger partial charge in [0.25, 0.3) is 5.91 Å². The lowest BCUT2D eigenvalue weighted by atomic mass is 10.1. The Morgan fingerprint density at radius 1 is 1.15 bits per heavy atom. The number of aromatic hydroxyl groups is 1. The summed E-state index contributed by atoms with van der Waals surface area (Å²) in [6.07, 6.45) is 0. The number of benzene rings is 2. The minimum absolute atomic E-state index is 0.122. The fraction of sp³-hybridized carbons (Fsp3) is 0.188. The highest BCUT2D eigenvalue weighted by Crippen LogP contribution is 2.18. The summed E-state index contributed by atoms with van der Waals surface area (Å²) in [5.41, 5.74) is 3.80. The Kier molecular flexibility index (Phi) is 3.39. The number of carbonyl (C=O) groups is 1. The summed E-state index contributed by atoms with van der Waals surface area (Å²) in [4.78, 5) is 12.1. The molecule has 102 valence electrons. The third kappa shape index (κ3) is 2.51. The quantitative estimate of drug-likeness (QED) is 0.797. The van der Waals surface area contributed by atoms with Gasteiger partial charge < -0.3 is 15.7 Å². The Morgan fingerprint density at radius 3 is 2.80 bits per heavy atom. The van der Waals surface area contributed by atoms with Crippen molar-refractivity contribution in [2.75, 3.05) is 0 Å². The van der Waals surface area contributed by atoms with Crippen molar-refractivity contribution in [1.82, 2.24) is 10.6 Å². The van der Waals surface area contributed by atoms with Crippen molar-refractivity contribution in [2.24, 2.45) is 0 Å². The third-order valence-electron chi connectivity index (χ3n) is 3.53. The molecule has 0 aromatic heterocycles. The summed E-state index contributed by atoms with van der Waals surface area (Å²) in [6.45, 7) is 2.01. The molecule has 0 unspecified atom stereocenters. The molecule has 1 aliphatic heterocycles. The van der Waals surface area contributed by atoms with Crippen molar-refractivity contribution in [3.8, 4) is 5.75 Å². The van der Waals surface area contributed by atoms with Crippen molar-refractivity contribution in [3.63, 3.8) is 0 Å². The number of phenolic OH excluding ortho intramolecular Hbond substituents is 1. The average Bonchev–Trinajstić information content (AvgIpc) is 2.93. The number of nitrogens with one attached hydrogen (secondary N) is 2. The zero-order chi connectivity index (χ0) is 13.9. The molecule has 0 spiro atoms. The lowest BCUT2D eigenvalue weighted by Crippen LogP contribution is -2.22. The van der Waals surface area contributed by atoms with E-state index in [0.29, 0.717) is 17.7 Å². The van der Waals surface area contributed by atoms with E-state index in [0.717, 1.165) is 13.1 Å². The number of hydrogen-bond donors (Lipinski definition) is 3. The maximum atomic E-state index is 12.1. The normalized spacial score (nSPS) is 13.0. The van der Waals surface area contributed by atoms with E-state index in [2.05, 4.69) is 10.6 Å². The molecule has 20 heavy (non-hydrogen) atoms. The molecule has 0 radical (unpaired) electrons. The molecule has 2 aromatic carbocycles. The smallest absolute Gasteiger partial charge is 0.251 e. The van der Waals surface area contributed by atoms with Crippen molar-refractivity contribution >= 4 is 5.91 Å². The molecule has 4 nitrogen and oxygen atoms in total. The van der Waals surface area contributed by atoms with E-state index in [1.54, 1.807) is 18.2 Å². The van der Waals surface area contributed by atoms with Crippen molar-refractivity contribution < 1.29 is 9.90 Å². The second-order valence-electron chi connectivity index (χ2n) is 4.90. The predicted molar refractivity (Wildman–Crippen MR) is 76.3 cm³/mol. The molecule has 1 amide bonds. The first kappa shape index (κ1) is 12.7. The molecule has 0 saturated heterocycles. The van der Waals surface area contributed by atoms with Gasteiger partial charge in [0.2, 0.25) is 0 Å². The monoisotopic (exact) mass is 268 g/mol. The van der Waals surface area contributed by atoms with Crippen LogP contribution in [0.15, 0.2) is 42.5 Å². The molecule has 1 heterocycles. The number of phenols is 1. The lowest BCUT2D eigenvalue weighted by Gasteiger charge is -2.08. The SMILES string of the molecule is O=C(NCc1ccccc1O)c1ccc2c(c1)CNC2. The molecule has 4 heteroatoms. The highest BCUT2D eigenvalue weighted by Gasteiger charge is 2.13. The topological polar surface area (TPSA) is 61.4 Å². The van der Waals surface area contributed by atoms with Gasteiger partial charge in [0.05, 0.1) is 0 Å². The largest absolute Gasteiger partial charge is 0.508 e. The van der Waals surface area contributed by atoms with Gasteiger partial charge >= 0.3 is 0 Å². The van der Waals surface area contributed by atoms with E-state index < -0.39 is 0 Å². The lowest BCUT2D eigenvalue weighted by molar-refractivity contribution is 0.0950. The van der Waals surface area contributed by atoms with Gasteiger partial charge in [-0.3, -0.25) is 4.79 Å². The van der Waals surface area contributed by atoms with Crippen LogP contribution in [0.25, 0.3) is 0 Å². The Morgan fingerprint density at radius 2 is 1.95 bits per heavy atom. The van der Waals surface area contributed by atoms with Gasteiger partial charge in [0.1, 0.15) is 5.75 Å². The van der Waals surface area contributed by atoms with Crippen LogP contribution in [0.1, 0.15) is 27.0 Å². The molecular formula is C16H16N2O2. The Bertz CT molecular complexity index is 653. The van der Waals surface area contributed by atoms with Crippen LogP contribution in [-0.2, 0) is 19.6 Å². The van der Waals surface area contributed by atoms with Crippen LogP contribution in [0.4, 0.5) is 0 Å². The first-order chi connectivity index (χ1) is 9.74. The van der Waals surface area contributed by atoms with Crippen LogP contribution in [0.2, 0.25) is 0 Å². The average molecular weight is 268 g/mol. The standard InChI is InChI=1S/C16H16N2O2/c19-15-4-2-1-3-13(15)10-18-16(20)11-5-6-12-8-17-9-14(12)7-11/h1-7,17,19H,8-10H2,(H,18,20). The van der Waals surface area contributed by atoms with Gasteiger partial charge in [0, 0.05) is 30.8 Å². The summed E-state index contributed by atoms with van der Waals surface area (Å²) >= 11 is 0. The Hall–Kier alpha value is -2.33. The fourth-order valence-corrected chi connectivity index (χ4v) is 2.37. The highest BCUT2D eigenvalue weighted by atomic mass is 16.3. The van der Waals surface area contributed by atoms with Crippen molar-refractivity contribution in [1.29, 1.82) is 0 Å². The number of rotatable bonds is 3. The molecule has 0 atom stereocenters. The van der Waals surface area contributed by atoms with E-state index in [9.17, 15) is 9.90 Å². The summed E-state index contributed by atoms with van der Waals surface area (Å²) in [5.74, 6) is 0.0777. The van der Waals surface area contributed by atoms with Crippen LogP contribution in [-0.4, -0.2) is 11.0 Å². The Labute approximate surface area is 117 Å². The number of carbonyl (C=O) groups excluding carboxylic acids is 1. The molecule has 2 aromatic rings. The number of amides is 1. The van der Waals surface area contributed by atoms with Crippen LogP contribution in [0, 0.1) is 0 Å². The van der Waals surface area contributed by atoms with Gasteiger partial charge in [-0.25, -0.2) is 0 Å². The summed E-state index contributed by atoms with van der Waals surface area (Å²) in [7, 11) is 0. The highest BCUT2D eigenvalue weighted by molar-refractivity contribution is 5.94. The predicted octanol–water partition coefficient (Wildman–Crippen LogP) is 1.93. The first-order valence-corrected chi connectivity index (χ1v) is 6.61. The fourth-order valence-electron chi connectivity index (χ4n) is 2.37. The van der Waals surface area contributed by atoms with E-state index >= 15 is 0 Å². The van der Waals surface area contributed by atoms with Gasteiger partial charge in [-0.05, 0) is 29.3 Å². The second-order valence-corrected chi connectivity index (χ2v) is 4.90. The molecular weight excluding hydrogens is 252 g/mol. The minimum Gasteiger partial charge on any atom is -0.508 e. The van der Waals surface area contributed by atoms with E-state index in [-0.39, 0.29) is 11.7 Å². The van der Waals surface area contributed by atoms with Gasteiger partial charge in [-0.15, -0.1) is 0 Å². The van der Waals surface area contributed by atoms with E-state index in [1.165, 1.54) is 11.1 Å². The van der Waals surface area contributed by atoms with Crippen LogP contribution in [0.5, 0.6) is 5.75 Å². The van der Waals surface area contributed by atoms with E-state index in [4.69, 9.17) is 0 Å². The summed E-state index contributed by atoms with van der Waals surface area (Å²) in [5, 5.41) is 15.7. The summed E-state index contributed by atoms with van der Waals surface area (Å²) < 4.78 is 0. The Balaban J connectivity index is 1.69. The second kappa shape index (κ2) is 5.35. The van der Waals surface area contributed by atoms with E-state index in [1.807, 2.05) is 24.3 Å². The van der Waals surface area contributed by atoms with Crippen molar-refractivity contribution in [2.45, 2.75) is 19.6 Å². The number of hydrogen-bond acceptors (Lipinski definition) is 3. The molecule has 3 N–H and O–H groups in total. The van der Waals surface area contributed by atoms with Crippen LogP contribution < -0.4 is 10.6 Å². The van der Waals surface area contributed by atoms with Crippen molar-refractivity contribution in [3.05, 3.63) is 64.7 Å². The molecule has 0 bridgehead atoms. The zero-order valence-corrected chi connectivity index (χ0v) is 11.0. The number of fused-ring (bicyclic) bond motifs is 1. The maximum absolute atomic E-state index is 12.1. The van der Waals surface area contributed by atoms with Crippen LogP contribution >= 0.6 is 0 Å². The molecule has 3 rings (SSSR count). The van der Waals surface area contributed by atoms with Gasteiger partial charge in [-0.1, -0.05) is 24.3 Å². The van der Waals surface area contributed by atoms with Crippen LogP contribution in [0.3, 0.4) is 0 Å². The third-order valence-corrected chi connectivity index (χ3v) is 3.53. The molecule has 1 aliphatic rings. The molecule has 0 saturated carbocycles. The molecule has 0 aliphatic carbocycles. The number of para-hydroxylation sites is 1.